The molecule has 8 amide bonds. The van der Waals surface area contributed by atoms with Crippen molar-refractivity contribution < 1.29 is 38.4 Å². The molecule has 0 radical (unpaired) electrons. The van der Waals surface area contributed by atoms with Gasteiger partial charge in [-0.05, 0) is 50.4 Å². The Labute approximate surface area is 328 Å². The minimum atomic E-state index is -1.31. The van der Waals surface area contributed by atoms with E-state index >= 15 is 0 Å². The van der Waals surface area contributed by atoms with Crippen molar-refractivity contribution in [3.8, 4) is 0 Å². The predicted octanol–water partition coefficient (Wildman–Crippen LogP) is -2.49. The third-order valence-electron chi connectivity index (χ3n) is 9.24. The Morgan fingerprint density at radius 3 is 2.14 bits per heavy atom. The maximum atomic E-state index is 13.8. The average molecular weight is 791 g/mol. The molecule has 2 heterocycles. The standard InChI is InChI=1S/C37H50N12O8/c1-48(2)28-11-9-24-32-22(28)6-5-7-23(32)36(56)49(37(24)57)15-14-42-33(53)26(10-12-29(40)50)47-34(54)25(8-3-4-13-38)46-35(55)27(16-21-18-41-20-44-21)45-31(52)19-43-30(51)17-39/h5-7,9,11,18,20,25-27H,3-4,8,10,12-17,19,38-39H2,1-2H3,(H2,40,50)(H,41,44)(H,42,53)(H,43,51)(H,45,52)(H,46,55)(H,47,54)/t25-,26-,27-/m0/s1. The summed E-state index contributed by atoms with van der Waals surface area (Å²) in [6, 6.07) is 4.93. The molecular weight excluding hydrogens is 740 g/mol. The van der Waals surface area contributed by atoms with Gasteiger partial charge in [-0.25, -0.2) is 4.98 Å². The minimum absolute atomic E-state index is 0.0525. The molecule has 306 valence electrons. The number of rotatable bonds is 22. The van der Waals surface area contributed by atoms with Gasteiger partial charge in [-0.1, -0.05) is 12.1 Å². The lowest BCUT2D eigenvalue weighted by atomic mass is 9.93. The fraction of sp³-hybridized carbons (Fsp3) is 0.432. The highest BCUT2D eigenvalue weighted by molar-refractivity contribution is 6.26. The molecule has 12 N–H and O–H groups in total. The van der Waals surface area contributed by atoms with Crippen LogP contribution in [0.3, 0.4) is 0 Å². The Hall–Kier alpha value is -6.41. The molecule has 1 aliphatic heterocycles. The first-order valence-corrected chi connectivity index (χ1v) is 18.4. The number of H-pyrrole nitrogens is 1. The van der Waals surface area contributed by atoms with Gasteiger partial charge in [0.15, 0.2) is 0 Å². The van der Waals surface area contributed by atoms with Crippen molar-refractivity contribution in [3.05, 3.63) is 59.7 Å². The number of benzene rings is 2. The molecule has 3 aromatic rings. The molecule has 0 aliphatic carbocycles. The van der Waals surface area contributed by atoms with Crippen LogP contribution < -0.4 is 48.7 Å². The van der Waals surface area contributed by atoms with Gasteiger partial charge in [-0.15, -0.1) is 0 Å². The molecule has 0 saturated heterocycles. The van der Waals surface area contributed by atoms with Gasteiger partial charge in [0.25, 0.3) is 11.8 Å². The molecule has 57 heavy (non-hydrogen) atoms. The first-order chi connectivity index (χ1) is 27.2. The summed E-state index contributed by atoms with van der Waals surface area (Å²) < 4.78 is 0. The van der Waals surface area contributed by atoms with E-state index in [2.05, 4.69) is 36.6 Å². The van der Waals surface area contributed by atoms with Gasteiger partial charge in [-0.2, -0.15) is 0 Å². The highest BCUT2D eigenvalue weighted by Crippen LogP contribution is 2.35. The summed E-state index contributed by atoms with van der Waals surface area (Å²) in [6.45, 7) is -0.870. The number of aromatic amines is 1. The minimum Gasteiger partial charge on any atom is -0.377 e. The number of nitrogens with zero attached hydrogens (tertiary/aromatic N) is 3. The summed E-state index contributed by atoms with van der Waals surface area (Å²) in [5.41, 5.74) is 18.3. The Morgan fingerprint density at radius 2 is 1.51 bits per heavy atom. The van der Waals surface area contributed by atoms with E-state index in [1.54, 1.807) is 24.3 Å². The number of carbonyl (C=O) groups excluding carboxylic acids is 8. The third kappa shape index (κ3) is 11.6. The topological polar surface area (TPSA) is 310 Å². The smallest absolute Gasteiger partial charge is 0.261 e. The van der Waals surface area contributed by atoms with Crippen LogP contribution in [0.2, 0.25) is 0 Å². The number of hydrogen-bond donors (Lipinski definition) is 9. The van der Waals surface area contributed by atoms with Gasteiger partial charge < -0.3 is 53.7 Å². The number of imide groups is 1. The number of aromatic nitrogens is 2. The van der Waals surface area contributed by atoms with Gasteiger partial charge in [0.05, 0.1) is 19.4 Å². The summed E-state index contributed by atoms with van der Waals surface area (Å²) in [6.07, 6.45) is 3.31. The second kappa shape index (κ2) is 20.5. The van der Waals surface area contributed by atoms with Gasteiger partial charge in [-0.3, -0.25) is 43.3 Å². The molecular formula is C37H50N12O8. The fourth-order valence-corrected chi connectivity index (χ4v) is 6.32. The van der Waals surface area contributed by atoms with Crippen LogP contribution in [-0.4, -0.2) is 127 Å². The van der Waals surface area contributed by atoms with Crippen molar-refractivity contribution in [2.45, 2.75) is 56.7 Å². The summed E-state index contributed by atoms with van der Waals surface area (Å²) in [4.78, 5) is 114. The van der Waals surface area contributed by atoms with E-state index in [9.17, 15) is 38.4 Å². The molecule has 3 atom stereocenters. The highest BCUT2D eigenvalue weighted by atomic mass is 16.2. The van der Waals surface area contributed by atoms with E-state index < -0.39 is 71.9 Å². The lowest BCUT2D eigenvalue weighted by molar-refractivity contribution is -0.134. The Balaban J connectivity index is 1.46. The zero-order valence-corrected chi connectivity index (χ0v) is 31.9. The summed E-state index contributed by atoms with van der Waals surface area (Å²) in [5.74, 6) is -5.31. The van der Waals surface area contributed by atoms with E-state index in [1.807, 2.05) is 25.1 Å². The lowest BCUT2D eigenvalue weighted by Crippen LogP contribution is -2.58. The normalized spacial score (nSPS) is 13.6. The van der Waals surface area contributed by atoms with Crippen molar-refractivity contribution in [2.75, 3.05) is 51.7 Å². The molecule has 0 unspecified atom stereocenters. The lowest BCUT2D eigenvalue weighted by Gasteiger charge is -2.29. The predicted molar refractivity (Wildman–Crippen MR) is 208 cm³/mol. The molecule has 0 fully saturated rings. The second-order valence-electron chi connectivity index (χ2n) is 13.6. The van der Waals surface area contributed by atoms with Crippen molar-refractivity contribution in [1.82, 2.24) is 41.5 Å². The number of primary amides is 1. The Kier molecular flexibility index (Phi) is 15.6. The van der Waals surface area contributed by atoms with E-state index in [0.717, 1.165) is 16.0 Å². The fourth-order valence-electron chi connectivity index (χ4n) is 6.32. The molecule has 20 nitrogen and oxygen atoms in total. The molecule has 0 bridgehead atoms. The Morgan fingerprint density at radius 1 is 0.825 bits per heavy atom. The third-order valence-corrected chi connectivity index (χ3v) is 9.24. The zero-order chi connectivity index (χ0) is 41.6. The maximum absolute atomic E-state index is 13.8. The number of amides is 8. The first-order valence-electron chi connectivity index (χ1n) is 18.4. The van der Waals surface area contributed by atoms with Crippen LogP contribution in [0.15, 0.2) is 42.9 Å². The zero-order valence-electron chi connectivity index (χ0n) is 31.9. The van der Waals surface area contributed by atoms with Crippen LogP contribution in [0, 0.1) is 0 Å². The van der Waals surface area contributed by atoms with Crippen LogP contribution in [0.25, 0.3) is 10.8 Å². The van der Waals surface area contributed by atoms with Crippen LogP contribution in [0.4, 0.5) is 5.69 Å². The van der Waals surface area contributed by atoms with E-state index in [0.29, 0.717) is 41.6 Å². The van der Waals surface area contributed by atoms with E-state index in [-0.39, 0.29) is 45.3 Å². The van der Waals surface area contributed by atoms with Crippen LogP contribution in [0.5, 0.6) is 0 Å². The van der Waals surface area contributed by atoms with Crippen LogP contribution >= 0.6 is 0 Å². The summed E-state index contributed by atoms with van der Waals surface area (Å²) in [5, 5.41) is 14.0. The average Bonchev–Trinajstić information content (AvgIpc) is 3.70. The van der Waals surface area contributed by atoms with Crippen molar-refractivity contribution in [2.24, 2.45) is 17.2 Å². The number of imidazole rings is 1. The summed E-state index contributed by atoms with van der Waals surface area (Å²) >= 11 is 0. The second-order valence-corrected chi connectivity index (χ2v) is 13.6. The number of unbranched alkanes of at least 4 members (excludes halogenated alkanes) is 1. The largest absolute Gasteiger partial charge is 0.377 e. The molecule has 1 aromatic heterocycles. The van der Waals surface area contributed by atoms with E-state index in [4.69, 9.17) is 17.2 Å². The quantitative estimate of drug-likeness (QED) is 0.0377. The number of hydrogen-bond acceptors (Lipinski definition) is 12. The molecule has 0 spiro atoms. The highest BCUT2D eigenvalue weighted by Gasteiger charge is 2.34. The van der Waals surface area contributed by atoms with Crippen LogP contribution in [-0.2, 0) is 35.2 Å². The Bertz CT molecular complexity index is 1950. The maximum Gasteiger partial charge on any atom is 0.261 e. The number of carbonyl (C=O) groups is 8. The van der Waals surface area contributed by atoms with Gasteiger partial charge in [0.2, 0.25) is 35.4 Å². The monoisotopic (exact) mass is 790 g/mol. The van der Waals surface area contributed by atoms with Crippen molar-refractivity contribution >= 4 is 63.7 Å². The molecule has 20 heteroatoms. The molecule has 0 saturated carbocycles. The van der Waals surface area contributed by atoms with Crippen molar-refractivity contribution in [1.29, 1.82) is 0 Å². The summed E-state index contributed by atoms with van der Waals surface area (Å²) in [7, 11) is 3.72. The van der Waals surface area contributed by atoms with E-state index in [1.165, 1.54) is 12.5 Å². The number of nitrogens with two attached hydrogens (primary N) is 3. The van der Waals surface area contributed by atoms with Crippen molar-refractivity contribution in [3.63, 3.8) is 0 Å². The van der Waals surface area contributed by atoms with Gasteiger partial charge in [0, 0.05) is 79.5 Å². The van der Waals surface area contributed by atoms with Gasteiger partial charge >= 0.3 is 0 Å². The molecule has 2 aromatic carbocycles. The molecule has 4 rings (SSSR count). The number of nitrogens with one attached hydrogen (secondary N) is 6. The molecule has 1 aliphatic rings. The SMILES string of the molecule is CN(C)c1ccc2c3c(cccc13)C(=O)N(CCNC(=O)[C@H](CCC(N)=O)NC(=O)[C@H](CCCCN)NC(=O)[C@H](Cc1cnc[nH]1)NC(=O)CNC(=O)CN)C2=O. The van der Waals surface area contributed by atoms with Crippen LogP contribution in [0.1, 0.15) is 58.5 Å². The first kappa shape index (κ1) is 43.3. The van der Waals surface area contributed by atoms with Gasteiger partial charge in [0.1, 0.15) is 18.1 Å². The number of anilines is 1.